The first-order chi connectivity index (χ1) is 12.1. The van der Waals surface area contributed by atoms with E-state index in [2.05, 4.69) is 15.3 Å². The van der Waals surface area contributed by atoms with E-state index in [-0.39, 0.29) is 5.91 Å². The summed E-state index contributed by atoms with van der Waals surface area (Å²) < 4.78 is 10.4. The van der Waals surface area contributed by atoms with Gasteiger partial charge in [0.1, 0.15) is 11.5 Å². The van der Waals surface area contributed by atoms with Crippen LogP contribution in [-0.4, -0.2) is 30.1 Å². The maximum atomic E-state index is 12.5. The third kappa shape index (κ3) is 3.77. The van der Waals surface area contributed by atoms with Crippen LogP contribution in [0.2, 0.25) is 0 Å². The predicted octanol–water partition coefficient (Wildman–Crippen LogP) is 3.78. The van der Waals surface area contributed by atoms with Crippen molar-refractivity contribution in [2.24, 2.45) is 0 Å². The number of anilines is 1. The van der Waals surface area contributed by atoms with Gasteiger partial charge in [-0.05, 0) is 25.1 Å². The highest BCUT2D eigenvalue weighted by Gasteiger charge is 2.15. The van der Waals surface area contributed by atoms with Crippen LogP contribution in [0, 0.1) is 6.92 Å². The number of thiazole rings is 1. The van der Waals surface area contributed by atoms with Gasteiger partial charge < -0.3 is 9.47 Å². The van der Waals surface area contributed by atoms with Gasteiger partial charge in [0.2, 0.25) is 0 Å². The highest BCUT2D eigenvalue weighted by atomic mass is 32.1. The normalized spacial score (nSPS) is 10.4. The van der Waals surface area contributed by atoms with Gasteiger partial charge in [-0.2, -0.15) is 0 Å². The van der Waals surface area contributed by atoms with Gasteiger partial charge in [-0.3, -0.25) is 15.1 Å². The molecule has 0 bridgehead atoms. The molecule has 0 aliphatic heterocycles. The molecule has 3 aromatic rings. The second kappa shape index (κ2) is 7.31. The number of aryl methyl sites for hydroxylation is 1. The highest BCUT2D eigenvalue weighted by molar-refractivity contribution is 7.19. The lowest BCUT2D eigenvalue weighted by Gasteiger charge is -2.08. The monoisotopic (exact) mass is 355 g/mol. The Hall–Kier alpha value is -2.93. The second-order valence-corrected chi connectivity index (χ2v) is 6.23. The zero-order valence-corrected chi connectivity index (χ0v) is 14.9. The van der Waals surface area contributed by atoms with Gasteiger partial charge in [-0.25, -0.2) is 4.98 Å². The molecule has 0 aliphatic rings. The molecular formula is C18H17N3O3S. The number of hydrogen-bond acceptors (Lipinski definition) is 6. The first kappa shape index (κ1) is 16.9. The molecule has 2 heterocycles. The average Bonchev–Trinajstić information content (AvgIpc) is 3.02. The first-order valence-electron chi connectivity index (χ1n) is 7.53. The van der Waals surface area contributed by atoms with E-state index >= 15 is 0 Å². The fourth-order valence-corrected chi connectivity index (χ4v) is 3.27. The van der Waals surface area contributed by atoms with E-state index in [1.54, 1.807) is 44.8 Å². The summed E-state index contributed by atoms with van der Waals surface area (Å²) in [4.78, 5) is 22.1. The van der Waals surface area contributed by atoms with Gasteiger partial charge in [0.25, 0.3) is 5.91 Å². The summed E-state index contributed by atoms with van der Waals surface area (Å²) in [6.07, 6.45) is 3.50. The van der Waals surface area contributed by atoms with Crippen LogP contribution >= 0.6 is 11.3 Å². The lowest BCUT2D eigenvalue weighted by molar-refractivity contribution is 0.102. The minimum absolute atomic E-state index is 0.274. The maximum absolute atomic E-state index is 12.5. The van der Waals surface area contributed by atoms with Crippen molar-refractivity contribution in [1.29, 1.82) is 0 Å². The molecule has 0 spiro atoms. The summed E-state index contributed by atoms with van der Waals surface area (Å²) in [5.74, 6) is 0.829. The van der Waals surface area contributed by atoms with Crippen molar-refractivity contribution in [3.05, 3.63) is 54.0 Å². The topological polar surface area (TPSA) is 73.3 Å². The van der Waals surface area contributed by atoms with Gasteiger partial charge in [0.05, 0.1) is 24.8 Å². The molecule has 1 N–H and O–H groups in total. The Morgan fingerprint density at radius 3 is 2.48 bits per heavy atom. The number of benzene rings is 1. The van der Waals surface area contributed by atoms with Crippen LogP contribution in [0.4, 0.5) is 5.13 Å². The average molecular weight is 355 g/mol. The molecular weight excluding hydrogens is 338 g/mol. The third-order valence-electron chi connectivity index (χ3n) is 3.55. The maximum Gasteiger partial charge on any atom is 0.257 e. The van der Waals surface area contributed by atoms with Gasteiger partial charge >= 0.3 is 0 Å². The number of carbonyl (C=O) groups excluding carboxylic acids is 1. The molecule has 1 amide bonds. The lowest BCUT2D eigenvalue weighted by atomic mass is 10.2. The Balaban J connectivity index is 1.85. The molecule has 2 aromatic heterocycles. The summed E-state index contributed by atoms with van der Waals surface area (Å²) in [6, 6.07) is 8.85. The fraction of sp³-hybridized carbons (Fsp3) is 0.167. The quantitative estimate of drug-likeness (QED) is 0.754. The summed E-state index contributed by atoms with van der Waals surface area (Å²) in [5, 5.41) is 3.36. The number of rotatable bonds is 5. The number of nitrogens with one attached hydrogen (secondary N) is 1. The number of amides is 1. The number of methoxy groups -OCH3 is 2. The van der Waals surface area contributed by atoms with Crippen LogP contribution in [-0.2, 0) is 0 Å². The Morgan fingerprint density at radius 1 is 1.16 bits per heavy atom. The Labute approximate surface area is 149 Å². The predicted molar refractivity (Wildman–Crippen MR) is 97.6 cm³/mol. The van der Waals surface area contributed by atoms with Crippen molar-refractivity contribution in [3.63, 3.8) is 0 Å². The molecule has 1 aromatic carbocycles. The molecule has 0 atom stereocenters. The molecule has 7 heteroatoms. The highest BCUT2D eigenvalue weighted by Crippen LogP contribution is 2.32. The minimum Gasteiger partial charge on any atom is -0.497 e. The Kier molecular flexibility index (Phi) is 4.95. The number of aromatic nitrogens is 2. The Bertz CT molecular complexity index is 872. The van der Waals surface area contributed by atoms with E-state index in [4.69, 9.17) is 9.47 Å². The molecule has 0 saturated carbocycles. The largest absolute Gasteiger partial charge is 0.497 e. The zero-order valence-electron chi connectivity index (χ0n) is 14.1. The Morgan fingerprint density at radius 2 is 1.88 bits per heavy atom. The number of hydrogen-bond donors (Lipinski definition) is 1. The van der Waals surface area contributed by atoms with E-state index in [1.165, 1.54) is 11.3 Å². The van der Waals surface area contributed by atoms with Crippen LogP contribution in [0.25, 0.3) is 10.4 Å². The van der Waals surface area contributed by atoms with E-state index in [0.29, 0.717) is 22.2 Å². The van der Waals surface area contributed by atoms with E-state index < -0.39 is 0 Å². The molecule has 0 aliphatic carbocycles. The van der Waals surface area contributed by atoms with Crippen molar-refractivity contribution in [2.45, 2.75) is 6.92 Å². The van der Waals surface area contributed by atoms with Crippen LogP contribution in [0.3, 0.4) is 0 Å². The fourth-order valence-electron chi connectivity index (χ4n) is 2.32. The van der Waals surface area contributed by atoms with Crippen molar-refractivity contribution < 1.29 is 14.3 Å². The molecule has 0 fully saturated rings. The lowest BCUT2D eigenvalue weighted by Crippen LogP contribution is -2.12. The van der Waals surface area contributed by atoms with Gasteiger partial charge in [0.15, 0.2) is 5.13 Å². The summed E-state index contributed by atoms with van der Waals surface area (Å²) in [7, 11) is 3.08. The molecule has 0 radical (unpaired) electrons. The first-order valence-corrected chi connectivity index (χ1v) is 8.34. The number of carbonyl (C=O) groups is 1. The molecule has 128 valence electrons. The summed E-state index contributed by atoms with van der Waals surface area (Å²) >= 11 is 1.41. The van der Waals surface area contributed by atoms with Gasteiger partial charge in [0, 0.05) is 29.6 Å². The van der Waals surface area contributed by atoms with E-state index in [0.717, 1.165) is 16.1 Å². The smallest absolute Gasteiger partial charge is 0.257 e. The van der Waals surface area contributed by atoms with Crippen LogP contribution in [0.1, 0.15) is 16.1 Å². The van der Waals surface area contributed by atoms with Crippen LogP contribution in [0.5, 0.6) is 11.5 Å². The molecule has 0 unspecified atom stereocenters. The van der Waals surface area contributed by atoms with Gasteiger partial charge in [-0.15, -0.1) is 0 Å². The van der Waals surface area contributed by atoms with Crippen molar-refractivity contribution in [2.75, 3.05) is 19.5 Å². The standard InChI is InChI=1S/C18H17N3O3S/c1-11-16(12-5-4-6-19-10-12)25-18(20-11)21-17(22)13-7-14(23-2)9-15(8-13)24-3/h4-10H,1-3H3,(H,20,21,22). The summed E-state index contributed by atoms with van der Waals surface area (Å²) in [5.41, 5.74) is 2.25. The van der Waals surface area contributed by atoms with Crippen molar-refractivity contribution in [1.82, 2.24) is 9.97 Å². The molecule has 3 rings (SSSR count). The number of ether oxygens (including phenoxy) is 2. The van der Waals surface area contributed by atoms with Crippen molar-refractivity contribution >= 4 is 22.4 Å². The molecule has 25 heavy (non-hydrogen) atoms. The van der Waals surface area contributed by atoms with E-state index in [1.807, 2.05) is 19.1 Å². The van der Waals surface area contributed by atoms with Crippen LogP contribution < -0.4 is 14.8 Å². The summed E-state index contributed by atoms with van der Waals surface area (Å²) in [6.45, 7) is 1.91. The minimum atomic E-state index is -0.274. The molecule has 0 saturated heterocycles. The SMILES string of the molecule is COc1cc(OC)cc(C(=O)Nc2nc(C)c(-c3cccnc3)s2)c1. The van der Waals surface area contributed by atoms with E-state index in [9.17, 15) is 4.79 Å². The zero-order chi connectivity index (χ0) is 17.8. The third-order valence-corrected chi connectivity index (χ3v) is 4.68. The second-order valence-electron chi connectivity index (χ2n) is 5.23. The van der Waals surface area contributed by atoms with Crippen molar-refractivity contribution in [3.8, 4) is 21.9 Å². The van der Waals surface area contributed by atoms with Gasteiger partial charge in [-0.1, -0.05) is 17.4 Å². The number of nitrogens with zero attached hydrogens (tertiary/aromatic N) is 2. The molecule has 6 nitrogen and oxygen atoms in total. The van der Waals surface area contributed by atoms with Crippen LogP contribution in [0.15, 0.2) is 42.7 Å². The number of pyridine rings is 1.